The first-order chi connectivity index (χ1) is 0. The molecule has 0 aromatic heterocycles. The molecule has 0 spiro atoms. The molecule has 0 aromatic rings. The summed E-state index contributed by atoms with van der Waals surface area (Å²) in [6.45, 7) is 0. The van der Waals surface area contributed by atoms with Crippen molar-refractivity contribution < 1.29 is 106 Å². The van der Waals surface area contributed by atoms with Crippen LogP contribution in [0.3, 0.4) is 0 Å². The van der Waals surface area contributed by atoms with E-state index in [1.54, 1.807) is 0 Å². The van der Waals surface area contributed by atoms with Crippen LogP contribution in [0.15, 0.2) is 0 Å². The Bertz CT molecular complexity index is 4.85. The van der Waals surface area contributed by atoms with Gasteiger partial charge in [0, 0.05) is 0 Å². The predicted molar refractivity (Wildman–Crippen MR) is 0 cm³/mol. The summed E-state index contributed by atoms with van der Waals surface area (Å²) in [6.07, 6.45) is 0. The van der Waals surface area contributed by atoms with Crippen LogP contribution in [-0.2, 0) is 34.1 Å². The minimum atomic E-state index is 0. The first kappa shape index (κ1) is 41.2. The fourth-order valence-corrected chi connectivity index (χ4v) is 0. The van der Waals surface area contributed by atoms with E-state index in [0.29, 0.717) is 0 Å². The third-order valence-electron chi connectivity index (χ3n) is 0. The molecule has 0 saturated heterocycles. The number of hydrogen-bond donors (Lipinski definition) is 0. The van der Waals surface area contributed by atoms with Crippen molar-refractivity contribution >= 4 is 0 Å². The maximum absolute atomic E-state index is 0. The molecule has 0 aliphatic rings. The molecule has 0 aliphatic heterocycles. The fraction of sp³-hybridized carbons (Fsp3) is 0. The van der Waals surface area contributed by atoms with Gasteiger partial charge < -0.3 is 71.9 Å². The average molecular weight is 508 g/mol. The number of halogens is 3. The summed E-state index contributed by atoms with van der Waals surface area (Å²) in [5, 5.41) is 0. The van der Waals surface area contributed by atoms with E-state index in [-0.39, 0.29) is 106 Å². The number of rotatable bonds is 0. The van der Waals surface area contributed by atoms with Crippen LogP contribution in [0.1, 0.15) is 0 Å². The van der Waals surface area contributed by atoms with E-state index in [0.717, 1.165) is 0 Å². The molecule has 0 nitrogen and oxygen atoms in total. The van der Waals surface area contributed by atoms with Gasteiger partial charge in [-0.2, -0.15) is 0 Å². The van der Waals surface area contributed by atoms with Crippen LogP contribution >= 0.6 is 0 Å². The van der Waals surface area contributed by atoms with Crippen LogP contribution in [-0.4, -0.2) is 0 Å². The van der Waals surface area contributed by atoms with E-state index >= 15 is 0 Å². The van der Waals surface area contributed by atoms with Crippen LogP contribution in [0.4, 0.5) is 0 Å². The Kier molecular flexibility index (Phi) is 222. The van der Waals surface area contributed by atoms with Gasteiger partial charge in [-0.1, -0.05) is 0 Å². The van der Waals surface area contributed by atoms with Crippen LogP contribution in [0.2, 0.25) is 0 Å². The van der Waals surface area contributed by atoms with Crippen molar-refractivity contribution in [2.24, 2.45) is 0 Å². The third-order valence-corrected chi connectivity index (χ3v) is 0. The standard InChI is InChI=1S/2Cu.3HI/h;;3*1H/q+1;+2;;;/p-3. The Hall–Kier alpha value is 3.23. The summed E-state index contributed by atoms with van der Waals surface area (Å²) in [7, 11) is 0. The maximum atomic E-state index is 0. The van der Waals surface area contributed by atoms with Crippen molar-refractivity contribution in [3.63, 3.8) is 0 Å². The second-order valence-corrected chi connectivity index (χ2v) is 0. The maximum Gasteiger partial charge on any atom is 2.00 e. The van der Waals surface area contributed by atoms with Gasteiger partial charge in [-0.05, 0) is 0 Å². The summed E-state index contributed by atoms with van der Waals surface area (Å²) in [4.78, 5) is 0. The van der Waals surface area contributed by atoms with Gasteiger partial charge in [-0.25, -0.2) is 0 Å². The Morgan fingerprint density at radius 3 is 0.600 bits per heavy atom. The molecule has 0 aliphatic carbocycles. The first-order valence-corrected chi connectivity index (χ1v) is 0. The molecular weight excluding hydrogens is 508 g/mol. The van der Waals surface area contributed by atoms with Gasteiger partial charge in [0.2, 0.25) is 0 Å². The molecule has 0 unspecified atom stereocenters. The summed E-state index contributed by atoms with van der Waals surface area (Å²) in [5.41, 5.74) is 0. The molecule has 0 atom stereocenters. The Morgan fingerprint density at radius 1 is 0.600 bits per heavy atom. The SMILES string of the molecule is [Cu+2].[Cu+].[I-].[I-].[I-]. The Morgan fingerprint density at radius 2 is 0.600 bits per heavy atom. The van der Waals surface area contributed by atoms with Crippen molar-refractivity contribution in [3.8, 4) is 0 Å². The molecule has 0 heterocycles. The second kappa shape index (κ2) is 26.9. The zero-order valence-corrected chi connectivity index (χ0v) is 10.1. The molecule has 0 N–H and O–H groups in total. The molecule has 0 fully saturated rings. The zero-order chi connectivity index (χ0) is 0. The van der Waals surface area contributed by atoms with Gasteiger partial charge in [0.25, 0.3) is 0 Å². The monoisotopic (exact) mass is 507 g/mol. The molecule has 5 heteroatoms. The van der Waals surface area contributed by atoms with Crippen molar-refractivity contribution in [1.29, 1.82) is 0 Å². The minimum absolute atomic E-state index is 0. The van der Waals surface area contributed by atoms with E-state index in [4.69, 9.17) is 0 Å². The second-order valence-electron chi connectivity index (χ2n) is 0. The van der Waals surface area contributed by atoms with Gasteiger partial charge in [-0.15, -0.1) is 0 Å². The molecule has 43 valence electrons. The van der Waals surface area contributed by atoms with Gasteiger partial charge >= 0.3 is 34.1 Å². The van der Waals surface area contributed by atoms with E-state index < -0.39 is 0 Å². The molecule has 0 bridgehead atoms. The normalized spacial score (nSPS) is 0. The van der Waals surface area contributed by atoms with E-state index in [2.05, 4.69) is 0 Å². The molecule has 0 aromatic carbocycles. The largest absolute Gasteiger partial charge is 2.00 e. The first-order valence-electron chi connectivity index (χ1n) is 0. The third kappa shape index (κ3) is 19.0. The summed E-state index contributed by atoms with van der Waals surface area (Å²) >= 11 is 0. The van der Waals surface area contributed by atoms with Crippen molar-refractivity contribution in [1.82, 2.24) is 0 Å². The van der Waals surface area contributed by atoms with Crippen LogP contribution in [0.5, 0.6) is 0 Å². The number of hydrogen-bond acceptors (Lipinski definition) is 0. The van der Waals surface area contributed by atoms with Gasteiger partial charge in [-0.3, -0.25) is 0 Å². The molecule has 0 saturated carbocycles. The predicted octanol–water partition coefficient (Wildman–Crippen LogP) is -8.99. The molecule has 0 amide bonds. The van der Waals surface area contributed by atoms with E-state index in [9.17, 15) is 0 Å². The quantitative estimate of drug-likeness (QED) is 0.226. The van der Waals surface area contributed by atoms with Gasteiger partial charge in [0.1, 0.15) is 0 Å². The topological polar surface area (TPSA) is 0 Å². The van der Waals surface area contributed by atoms with Crippen molar-refractivity contribution in [2.45, 2.75) is 0 Å². The van der Waals surface area contributed by atoms with Gasteiger partial charge in [0.15, 0.2) is 0 Å². The van der Waals surface area contributed by atoms with Gasteiger partial charge in [0.05, 0.1) is 0 Å². The molecular formula is Cu2I3. The van der Waals surface area contributed by atoms with Crippen LogP contribution < -0.4 is 71.9 Å². The fourth-order valence-electron chi connectivity index (χ4n) is 0. The van der Waals surface area contributed by atoms with E-state index in [1.807, 2.05) is 0 Å². The van der Waals surface area contributed by atoms with Crippen molar-refractivity contribution in [2.75, 3.05) is 0 Å². The smallest absolute Gasteiger partial charge is 1.00 e. The summed E-state index contributed by atoms with van der Waals surface area (Å²) in [5.74, 6) is 0. The van der Waals surface area contributed by atoms with Crippen molar-refractivity contribution in [3.05, 3.63) is 0 Å². The van der Waals surface area contributed by atoms with E-state index in [1.165, 1.54) is 0 Å². The summed E-state index contributed by atoms with van der Waals surface area (Å²) < 4.78 is 0. The molecule has 5 heavy (non-hydrogen) atoms. The molecule has 1 radical (unpaired) electrons. The average Bonchev–Trinajstić information content (AvgIpc) is 0. The van der Waals surface area contributed by atoms with Crippen LogP contribution in [0, 0.1) is 0 Å². The Balaban J connectivity index is 0. The zero-order valence-electron chi connectivity index (χ0n) is 1.74. The van der Waals surface area contributed by atoms with Crippen LogP contribution in [0.25, 0.3) is 0 Å². The Labute approximate surface area is 104 Å². The summed E-state index contributed by atoms with van der Waals surface area (Å²) in [6, 6.07) is 0. The minimum Gasteiger partial charge on any atom is -1.00 e. The molecule has 0 rings (SSSR count).